The van der Waals surface area contributed by atoms with Crippen LogP contribution in [0.1, 0.15) is 15.9 Å². The Morgan fingerprint density at radius 3 is 2.44 bits per heavy atom. The molecular weight excluding hydrogens is 299 g/mol. The van der Waals surface area contributed by atoms with Crippen molar-refractivity contribution < 1.29 is 13.9 Å². The molecule has 2 nitrogen and oxygen atoms in total. The average Bonchev–Trinajstić information content (AvgIpc) is 2.39. The molecule has 4 heteroatoms. The van der Waals surface area contributed by atoms with Gasteiger partial charge in [-0.1, -0.05) is 15.9 Å². The molecule has 0 radical (unpaired) electrons. The molecule has 0 saturated carbocycles. The van der Waals surface area contributed by atoms with Crippen LogP contribution in [0, 0.1) is 5.82 Å². The van der Waals surface area contributed by atoms with Crippen molar-refractivity contribution in [1.29, 1.82) is 0 Å². The summed E-state index contributed by atoms with van der Waals surface area (Å²) in [6, 6.07) is 10.6. The highest BCUT2D eigenvalue weighted by atomic mass is 79.9. The fourth-order valence-corrected chi connectivity index (χ4v) is 1.99. The van der Waals surface area contributed by atoms with E-state index in [1.807, 2.05) is 0 Å². The molecule has 0 fully saturated rings. The van der Waals surface area contributed by atoms with E-state index in [2.05, 4.69) is 15.9 Å². The summed E-state index contributed by atoms with van der Waals surface area (Å²) in [5, 5.41) is 0. The molecule has 0 unspecified atom stereocenters. The average molecular weight is 309 g/mol. The molecule has 0 heterocycles. The minimum atomic E-state index is -0.365. The maximum absolute atomic E-state index is 12.8. The van der Waals surface area contributed by atoms with Crippen LogP contribution < -0.4 is 4.74 Å². The minimum Gasteiger partial charge on any atom is -0.497 e. The normalized spacial score (nSPS) is 10.2. The highest BCUT2D eigenvalue weighted by molar-refractivity contribution is 9.10. The Hall–Kier alpha value is -1.68. The van der Waals surface area contributed by atoms with Crippen LogP contribution in [0.2, 0.25) is 0 Å². The number of carbonyl (C=O) groups excluding carboxylic acids is 1. The molecule has 2 rings (SSSR count). The first-order valence-corrected chi connectivity index (χ1v) is 6.05. The second-order valence-corrected chi connectivity index (χ2v) is 4.54. The van der Waals surface area contributed by atoms with Crippen molar-refractivity contribution in [2.24, 2.45) is 0 Å². The summed E-state index contributed by atoms with van der Waals surface area (Å²) >= 11 is 3.32. The van der Waals surface area contributed by atoms with E-state index in [0.717, 1.165) is 0 Å². The predicted octanol–water partition coefficient (Wildman–Crippen LogP) is 3.83. The lowest BCUT2D eigenvalue weighted by Gasteiger charge is -2.06. The zero-order valence-electron chi connectivity index (χ0n) is 9.61. The lowest BCUT2D eigenvalue weighted by Crippen LogP contribution is -2.03. The zero-order valence-corrected chi connectivity index (χ0v) is 11.2. The molecule has 92 valence electrons. The summed E-state index contributed by atoms with van der Waals surface area (Å²) in [6.45, 7) is 0. The number of benzene rings is 2. The number of ether oxygens (including phenoxy) is 1. The third kappa shape index (κ3) is 2.59. The van der Waals surface area contributed by atoms with Crippen molar-refractivity contribution >= 4 is 21.7 Å². The zero-order chi connectivity index (χ0) is 13.1. The standard InChI is InChI=1S/C14H10BrFO2/c1-18-11-6-7-13(15)12(8-11)14(17)9-2-4-10(16)5-3-9/h2-8H,1H3. The molecule has 0 aliphatic carbocycles. The first-order valence-electron chi connectivity index (χ1n) is 5.25. The maximum atomic E-state index is 12.8. The second-order valence-electron chi connectivity index (χ2n) is 3.68. The highest BCUT2D eigenvalue weighted by Crippen LogP contribution is 2.25. The molecule has 0 atom stereocenters. The van der Waals surface area contributed by atoms with Gasteiger partial charge < -0.3 is 4.74 Å². The van der Waals surface area contributed by atoms with Gasteiger partial charge in [-0.05, 0) is 42.5 Å². The van der Waals surface area contributed by atoms with E-state index in [-0.39, 0.29) is 11.6 Å². The summed E-state index contributed by atoms with van der Waals surface area (Å²) in [5.41, 5.74) is 0.923. The van der Waals surface area contributed by atoms with Crippen molar-refractivity contribution in [3.8, 4) is 5.75 Å². The van der Waals surface area contributed by atoms with Crippen LogP contribution in [0.25, 0.3) is 0 Å². The Kier molecular flexibility index (Phi) is 3.77. The van der Waals surface area contributed by atoms with Crippen LogP contribution in [0.5, 0.6) is 5.75 Å². The molecule has 0 amide bonds. The summed E-state index contributed by atoms with van der Waals surface area (Å²) < 4.78 is 18.6. The molecule has 0 spiro atoms. The third-order valence-electron chi connectivity index (χ3n) is 2.52. The van der Waals surface area contributed by atoms with Crippen molar-refractivity contribution in [2.75, 3.05) is 7.11 Å². The van der Waals surface area contributed by atoms with Crippen molar-refractivity contribution in [3.05, 3.63) is 63.9 Å². The topological polar surface area (TPSA) is 26.3 Å². The van der Waals surface area contributed by atoms with Gasteiger partial charge in [-0.2, -0.15) is 0 Å². The largest absolute Gasteiger partial charge is 0.497 e. The summed E-state index contributed by atoms with van der Waals surface area (Å²) in [4.78, 5) is 12.2. The Balaban J connectivity index is 2.42. The Morgan fingerprint density at radius 2 is 1.83 bits per heavy atom. The number of halogens is 2. The smallest absolute Gasteiger partial charge is 0.194 e. The number of methoxy groups -OCH3 is 1. The molecule has 0 aliphatic rings. The van der Waals surface area contributed by atoms with Crippen LogP contribution in [0.4, 0.5) is 4.39 Å². The molecule has 0 bridgehead atoms. The van der Waals surface area contributed by atoms with Gasteiger partial charge in [-0.3, -0.25) is 4.79 Å². The van der Waals surface area contributed by atoms with E-state index in [1.165, 1.54) is 31.4 Å². The van der Waals surface area contributed by atoms with E-state index >= 15 is 0 Å². The van der Waals surface area contributed by atoms with Crippen molar-refractivity contribution in [2.45, 2.75) is 0 Å². The minimum absolute atomic E-state index is 0.180. The van der Waals surface area contributed by atoms with Gasteiger partial charge in [0.2, 0.25) is 0 Å². The fraction of sp³-hybridized carbons (Fsp3) is 0.0714. The molecule has 18 heavy (non-hydrogen) atoms. The molecule has 0 aromatic heterocycles. The van der Waals surface area contributed by atoms with Gasteiger partial charge in [-0.25, -0.2) is 4.39 Å². The fourth-order valence-electron chi connectivity index (χ4n) is 1.56. The monoisotopic (exact) mass is 308 g/mol. The van der Waals surface area contributed by atoms with Crippen LogP contribution in [0.15, 0.2) is 46.9 Å². The van der Waals surface area contributed by atoms with E-state index in [1.54, 1.807) is 18.2 Å². The van der Waals surface area contributed by atoms with Gasteiger partial charge in [0, 0.05) is 15.6 Å². The van der Waals surface area contributed by atoms with Crippen molar-refractivity contribution in [1.82, 2.24) is 0 Å². The lowest BCUT2D eigenvalue weighted by molar-refractivity contribution is 0.103. The van der Waals surface area contributed by atoms with Gasteiger partial charge in [0.1, 0.15) is 11.6 Å². The molecule has 0 aliphatic heterocycles. The second kappa shape index (κ2) is 5.31. The van der Waals surface area contributed by atoms with Crippen LogP contribution in [-0.2, 0) is 0 Å². The summed E-state index contributed by atoms with van der Waals surface area (Å²) in [7, 11) is 1.54. The molecule has 2 aromatic carbocycles. The van der Waals surface area contributed by atoms with E-state index < -0.39 is 0 Å². The number of hydrogen-bond donors (Lipinski definition) is 0. The first kappa shape index (κ1) is 12.8. The lowest BCUT2D eigenvalue weighted by atomic mass is 10.0. The number of carbonyl (C=O) groups is 1. The Morgan fingerprint density at radius 1 is 1.17 bits per heavy atom. The van der Waals surface area contributed by atoms with E-state index in [4.69, 9.17) is 4.74 Å². The van der Waals surface area contributed by atoms with Gasteiger partial charge >= 0.3 is 0 Å². The first-order chi connectivity index (χ1) is 8.61. The molecule has 2 aromatic rings. The number of rotatable bonds is 3. The highest BCUT2D eigenvalue weighted by Gasteiger charge is 2.13. The van der Waals surface area contributed by atoms with E-state index in [9.17, 15) is 9.18 Å². The summed E-state index contributed by atoms with van der Waals surface area (Å²) in [6.07, 6.45) is 0. The number of ketones is 1. The van der Waals surface area contributed by atoms with E-state index in [0.29, 0.717) is 21.3 Å². The van der Waals surface area contributed by atoms with Gasteiger partial charge in [0.15, 0.2) is 5.78 Å². The van der Waals surface area contributed by atoms with Gasteiger partial charge in [0.05, 0.1) is 7.11 Å². The Labute approximate surface area is 113 Å². The summed E-state index contributed by atoms with van der Waals surface area (Å²) in [5.74, 6) is 0.0562. The Bertz CT molecular complexity index is 579. The van der Waals surface area contributed by atoms with Crippen LogP contribution in [0.3, 0.4) is 0 Å². The van der Waals surface area contributed by atoms with Crippen LogP contribution >= 0.6 is 15.9 Å². The molecule has 0 saturated heterocycles. The van der Waals surface area contributed by atoms with Crippen LogP contribution in [-0.4, -0.2) is 12.9 Å². The third-order valence-corrected chi connectivity index (χ3v) is 3.22. The van der Waals surface area contributed by atoms with Crippen molar-refractivity contribution in [3.63, 3.8) is 0 Å². The van der Waals surface area contributed by atoms with Gasteiger partial charge in [0.25, 0.3) is 0 Å². The molecular formula is C14H10BrFO2. The maximum Gasteiger partial charge on any atom is 0.194 e. The van der Waals surface area contributed by atoms with Gasteiger partial charge in [-0.15, -0.1) is 0 Å². The SMILES string of the molecule is COc1ccc(Br)c(C(=O)c2ccc(F)cc2)c1. The predicted molar refractivity (Wildman–Crippen MR) is 70.5 cm³/mol. The molecule has 0 N–H and O–H groups in total. The number of hydrogen-bond acceptors (Lipinski definition) is 2. The quantitative estimate of drug-likeness (QED) is 0.806.